The second-order valence-corrected chi connectivity index (χ2v) is 5.73. The summed E-state index contributed by atoms with van der Waals surface area (Å²) in [6.45, 7) is 4.40. The van der Waals surface area contributed by atoms with Gasteiger partial charge >= 0.3 is 0 Å². The summed E-state index contributed by atoms with van der Waals surface area (Å²) < 4.78 is 1.87. The zero-order valence-electron chi connectivity index (χ0n) is 10.4. The van der Waals surface area contributed by atoms with Crippen molar-refractivity contribution in [1.29, 1.82) is 0 Å². The highest BCUT2D eigenvalue weighted by molar-refractivity contribution is 7.16. The van der Waals surface area contributed by atoms with Gasteiger partial charge in [0.05, 0.1) is 11.9 Å². The highest BCUT2D eigenvalue weighted by Gasteiger charge is 2.10. The lowest BCUT2D eigenvalue weighted by molar-refractivity contribution is 0.637. The molecule has 0 amide bonds. The first kappa shape index (κ1) is 11.3. The minimum Gasteiger partial charge on any atom is -0.264 e. The minimum absolute atomic E-state index is 0.624. The average molecular weight is 258 g/mol. The zero-order valence-corrected chi connectivity index (χ0v) is 11.2. The molecule has 0 aliphatic heterocycles. The summed E-state index contributed by atoms with van der Waals surface area (Å²) in [4.78, 5) is 9.64. The number of rotatable bonds is 3. The molecule has 18 heavy (non-hydrogen) atoms. The molecular weight excluding hydrogens is 244 g/mol. The Morgan fingerprint density at radius 2 is 2.28 bits per heavy atom. The van der Waals surface area contributed by atoms with Gasteiger partial charge in [-0.25, -0.2) is 9.50 Å². The molecule has 92 valence electrons. The fraction of sp³-hybridized carbons (Fsp3) is 0.308. The van der Waals surface area contributed by atoms with E-state index in [9.17, 15) is 0 Å². The number of pyridine rings is 1. The molecule has 0 N–H and O–H groups in total. The highest BCUT2D eigenvalue weighted by Crippen LogP contribution is 2.22. The summed E-state index contributed by atoms with van der Waals surface area (Å²) in [5, 5.41) is 5.70. The third-order valence-electron chi connectivity index (χ3n) is 2.63. The van der Waals surface area contributed by atoms with E-state index in [0.717, 1.165) is 27.6 Å². The monoisotopic (exact) mass is 258 g/mol. The van der Waals surface area contributed by atoms with Crippen LogP contribution in [0, 0.1) is 5.92 Å². The fourth-order valence-corrected chi connectivity index (χ4v) is 2.91. The van der Waals surface area contributed by atoms with Gasteiger partial charge in [-0.3, -0.25) is 4.98 Å². The van der Waals surface area contributed by atoms with Crippen molar-refractivity contribution in [1.82, 2.24) is 19.6 Å². The Labute approximate surface area is 109 Å². The van der Waals surface area contributed by atoms with E-state index in [1.165, 1.54) is 0 Å². The Balaban J connectivity index is 1.96. The van der Waals surface area contributed by atoms with E-state index in [-0.39, 0.29) is 0 Å². The number of hydrogen-bond donors (Lipinski definition) is 0. The van der Waals surface area contributed by atoms with Gasteiger partial charge in [-0.05, 0) is 18.1 Å². The molecule has 0 saturated heterocycles. The molecule has 0 aliphatic rings. The van der Waals surface area contributed by atoms with E-state index < -0.39 is 0 Å². The van der Waals surface area contributed by atoms with Crippen LogP contribution in [0.15, 0.2) is 30.7 Å². The van der Waals surface area contributed by atoms with E-state index in [4.69, 9.17) is 0 Å². The quantitative estimate of drug-likeness (QED) is 0.725. The predicted molar refractivity (Wildman–Crippen MR) is 72.6 cm³/mol. The lowest BCUT2D eigenvalue weighted by Gasteiger charge is -1.97. The smallest absolute Gasteiger partial charge is 0.212 e. The molecule has 3 aromatic heterocycles. The van der Waals surface area contributed by atoms with Crippen LogP contribution in [-0.4, -0.2) is 19.6 Å². The first-order valence-corrected chi connectivity index (χ1v) is 6.79. The molecule has 0 bridgehead atoms. The Hall–Kier alpha value is -1.75. The molecule has 3 rings (SSSR count). The lowest BCUT2D eigenvalue weighted by atomic mass is 10.1. The molecule has 3 heterocycles. The predicted octanol–water partition coefficient (Wildman–Crippen LogP) is 3.05. The van der Waals surface area contributed by atoms with Crippen LogP contribution in [0.4, 0.5) is 0 Å². The van der Waals surface area contributed by atoms with Crippen molar-refractivity contribution in [3.05, 3.63) is 35.7 Å². The zero-order chi connectivity index (χ0) is 12.5. The summed E-state index contributed by atoms with van der Waals surface area (Å²) >= 11 is 1.66. The molecule has 0 unspecified atom stereocenters. The van der Waals surface area contributed by atoms with Crippen LogP contribution in [0.2, 0.25) is 0 Å². The normalized spacial score (nSPS) is 11.5. The summed E-state index contributed by atoms with van der Waals surface area (Å²) in [6, 6.07) is 3.93. The largest absolute Gasteiger partial charge is 0.264 e. The Morgan fingerprint density at radius 1 is 1.39 bits per heavy atom. The van der Waals surface area contributed by atoms with Crippen LogP contribution in [0.1, 0.15) is 18.9 Å². The first-order valence-electron chi connectivity index (χ1n) is 5.98. The van der Waals surface area contributed by atoms with Crippen LogP contribution in [0.25, 0.3) is 16.2 Å². The molecule has 4 nitrogen and oxygen atoms in total. The van der Waals surface area contributed by atoms with Crippen molar-refractivity contribution in [3.8, 4) is 11.3 Å². The third-order valence-corrected chi connectivity index (χ3v) is 3.57. The van der Waals surface area contributed by atoms with Crippen LogP contribution in [-0.2, 0) is 6.42 Å². The molecule has 0 saturated carbocycles. The molecule has 5 heteroatoms. The van der Waals surface area contributed by atoms with Crippen LogP contribution >= 0.6 is 11.3 Å². The fourth-order valence-electron chi connectivity index (χ4n) is 1.83. The molecular formula is C13H14N4S. The van der Waals surface area contributed by atoms with E-state index in [1.54, 1.807) is 17.5 Å². The van der Waals surface area contributed by atoms with Crippen molar-refractivity contribution in [2.75, 3.05) is 0 Å². The minimum atomic E-state index is 0.624. The summed E-state index contributed by atoms with van der Waals surface area (Å²) in [5.74, 6) is 0.624. The van der Waals surface area contributed by atoms with E-state index >= 15 is 0 Å². The SMILES string of the molecule is CC(C)Cc1nn2cc(-c3cccnc3)nc2s1. The number of fused-ring (bicyclic) bond motifs is 1. The Bertz CT molecular complexity index is 622. The lowest BCUT2D eigenvalue weighted by Crippen LogP contribution is -1.94. The molecule has 3 aromatic rings. The number of hydrogen-bond acceptors (Lipinski definition) is 4. The van der Waals surface area contributed by atoms with Gasteiger partial charge in [0.1, 0.15) is 5.01 Å². The van der Waals surface area contributed by atoms with Crippen molar-refractivity contribution in [2.24, 2.45) is 5.92 Å². The van der Waals surface area contributed by atoms with Crippen molar-refractivity contribution >= 4 is 16.3 Å². The van der Waals surface area contributed by atoms with Crippen LogP contribution < -0.4 is 0 Å². The summed E-state index contributed by atoms with van der Waals surface area (Å²) in [7, 11) is 0. The van der Waals surface area contributed by atoms with Crippen LogP contribution in [0.3, 0.4) is 0 Å². The summed E-state index contributed by atoms with van der Waals surface area (Å²) in [5.41, 5.74) is 1.96. The van der Waals surface area contributed by atoms with Crippen molar-refractivity contribution in [2.45, 2.75) is 20.3 Å². The molecule has 0 spiro atoms. The molecule has 0 fully saturated rings. The van der Waals surface area contributed by atoms with Gasteiger partial charge in [-0.2, -0.15) is 5.10 Å². The van der Waals surface area contributed by atoms with Gasteiger partial charge in [0.25, 0.3) is 0 Å². The van der Waals surface area contributed by atoms with E-state index in [1.807, 2.05) is 29.0 Å². The Morgan fingerprint density at radius 3 is 2.94 bits per heavy atom. The Kier molecular flexibility index (Phi) is 2.83. The molecule has 0 radical (unpaired) electrons. The van der Waals surface area contributed by atoms with Gasteiger partial charge in [0.15, 0.2) is 0 Å². The van der Waals surface area contributed by atoms with Gasteiger partial charge in [-0.1, -0.05) is 25.2 Å². The molecule has 0 aromatic carbocycles. The maximum atomic E-state index is 4.59. The number of imidazole rings is 1. The third kappa shape index (κ3) is 2.13. The van der Waals surface area contributed by atoms with Gasteiger partial charge in [0, 0.05) is 24.4 Å². The average Bonchev–Trinajstić information content (AvgIpc) is 2.87. The maximum Gasteiger partial charge on any atom is 0.212 e. The second kappa shape index (κ2) is 4.49. The van der Waals surface area contributed by atoms with Gasteiger partial charge in [0.2, 0.25) is 4.96 Å². The van der Waals surface area contributed by atoms with Gasteiger partial charge in [-0.15, -0.1) is 0 Å². The van der Waals surface area contributed by atoms with Crippen molar-refractivity contribution < 1.29 is 0 Å². The highest BCUT2D eigenvalue weighted by atomic mass is 32.1. The molecule has 0 aliphatic carbocycles. The molecule has 0 atom stereocenters. The first-order chi connectivity index (χ1) is 8.72. The maximum absolute atomic E-state index is 4.59. The van der Waals surface area contributed by atoms with Crippen molar-refractivity contribution in [3.63, 3.8) is 0 Å². The topological polar surface area (TPSA) is 43.1 Å². The van der Waals surface area contributed by atoms with E-state index in [2.05, 4.69) is 28.9 Å². The number of nitrogens with zero attached hydrogens (tertiary/aromatic N) is 4. The summed E-state index contributed by atoms with van der Waals surface area (Å²) in [6.07, 6.45) is 6.56. The second-order valence-electron chi connectivity index (χ2n) is 4.69. The van der Waals surface area contributed by atoms with Gasteiger partial charge < -0.3 is 0 Å². The standard InChI is InChI=1S/C13H14N4S/c1-9(2)6-12-16-17-8-11(15-13(17)18-12)10-4-3-5-14-7-10/h3-5,7-9H,6H2,1-2H3. The van der Waals surface area contributed by atoms with Crippen LogP contribution in [0.5, 0.6) is 0 Å². The van der Waals surface area contributed by atoms with E-state index in [0.29, 0.717) is 5.92 Å². The number of aromatic nitrogens is 4.